The van der Waals surface area contributed by atoms with Gasteiger partial charge in [0.1, 0.15) is 0 Å². The van der Waals surface area contributed by atoms with Gasteiger partial charge >= 0.3 is 0 Å². The SMILES string of the molecule is CC(N)Cc1ccc(OCC2CCCCC2)c(F)c1. The number of benzene rings is 1. The van der Waals surface area contributed by atoms with Gasteiger partial charge in [-0.05, 0) is 49.8 Å². The second kappa shape index (κ2) is 6.90. The molecule has 1 aromatic carbocycles. The van der Waals surface area contributed by atoms with Crippen molar-refractivity contribution in [2.75, 3.05) is 6.61 Å². The zero-order valence-corrected chi connectivity index (χ0v) is 11.7. The zero-order valence-electron chi connectivity index (χ0n) is 11.7. The molecule has 0 bridgehead atoms. The fraction of sp³-hybridized carbons (Fsp3) is 0.625. The number of halogens is 1. The van der Waals surface area contributed by atoms with E-state index in [9.17, 15) is 4.39 Å². The van der Waals surface area contributed by atoms with Crippen molar-refractivity contribution in [1.29, 1.82) is 0 Å². The normalized spacial score (nSPS) is 18.3. The largest absolute Gasteiger partial charge is 0.490 e. The topological polar surface area (TPSA) is 35.2 Å². The molecular formula is C16H24FNO. The van der Waals surface area contributed by atoms with Crippen molar-refractivity contribution in [2.24, 2.45) is 11.7 Å². The van der Waals surface area contributed by atoms with Crippen LogP contribution in [0.3, 0.4) is 0 Å². The fourth-order valence-corrected chi connectivity index (χ4v) is 2.72. The van der Waals surface area contributed by atoms with Gasteiger partial charge in [-0.1, -0.05) is 25.3 Å². The molecule has 1 atom stereocenters. The summed E-state index contributed by atoms with van der Waals surface area (Å²) in [7, 11) is 0. The van der Waals surface area contributed by atoms with Crippen LogP contribution in [0.25, 0.3) is 0 Å². The first-order valence-electron chi connectivity index (χ1n) is 7.32. The Bertz CT molecular complexity index is 400. The molecule has 1 aromatic rings. The summed E-state index contributed by atoms with van der Waals surface area (Å²) >= 11 is 0. The Labute approximate surface area is 115 Å². The van der Waals surface area contributed by atoms with Crippen molar-refractivity contribution in [3.63, 3.8) is 0 Å². The third kappa shape index (κ3) is 4.50. The highest BCUT2D eigenvalue weighted by molar-refractivity contribution is 5.29. The van der Waals surface area contributed by atoms with Crippen molar-refractivity contribution >= 4 is 0 Å². The highest BCUT2D eigenvalue weighted by atomic mass is 19.1. The fourth-order valence-electron chi connectivity index (χ4n) is 2.72. The summed E-state index contributed by atoms with van der Waals surface area (Å²) in [5.41, 5.74) is 6.64. The van der Waals surface area contributed by atoms with E-state index in [-0.39, 0.29) is 11.9 Å². The van der Waals surface area contributed by atoms with Gasteiger partial charge in [0, 0.05) is 6.04 Å². The molecule has 2 nitrogen and oxygen atoms in total. The number of nitrogens with two attached hydrogens (primary N) is 1. The van der Waals surface area contributed by atoms with Crippen molar-refractivity contribution in [3.05, 3.63) is 29.6 Å². The van der Waals surface area contributed by atoms with Crippen LogP contribution in [0.1, 0.15) is 44.6 Å². The van der Waals surface area contributed by atoms with E-state index >= 15 is 0 Å². The van der Waals surface area contributed by atoms with Crippen LogP contribution in [-0.4, -0.2) is 12.6 Å². The molecule has 0 amide bonds. The van der Waals surface area contributed by atoms with E-state index in [0.29, 0.717) is 24.7 Å². The van der Waals surface area contributed by atoms with Gasteiger partial charge in [-0.15, -0.1) is 0 Å². The van der Waals surface area contributed by atoms with Crippen LogP contribution in [0.15, 0.2) is 18.2 Å². The summed E-state index contributed by atoms with van der Waals surface area (Å²) in [5.74, 6) is 0.699. The molecule has 0 heterocycles. The third-order valence-corrected chi connectivity index (χ3v) is 3.75. The number of ether oxygens (including phenoxy) is 1. The van der Waals surface area contributed by atoms with E-state index in [2.05, 4.69) is 0 Å². The maximum Gasteiger partial charge on any atom is 0.165 e. The van der Waals surface area contributed by atoms with Crippen LogP contribution in [0, 0.1) is 11.7 Å². The lowest BCUT2D eigenvalue weighted by molar-refractivity contribution is 0.202. The molecule has 1 fully saturated rings. The quantitative estimate of drug-likeness (QED) is 0.881. The molecule has 19 heavy (non-hydrogen) atoms. The molecule has 0 spiro atoms. The molecule has 0 aromatic heterocycles. The number of rotatable bonds is 5. The van der Waals surface area contributed by atoms with E-state index in [1.54, 1.807) is 12.1 Å². The predicted molar refractivity (Wildman–Crippen MR) is 75.8 cm³/mol. The highest BCUT2D eigenvalue weighted by Gasteiger charge is 2.15. The summed E-state index contributed by atoms with van der Waals surface area (Å²) in [5, 5.41) is 0. The minimum atomic E-state index is -0.269. The Hall–Kier alpha value is -1.09. The Morgan fingerprint density at radius 2 is 2.05 bits per heavy atom. The molecule has 1 unspecified atom stereocenters. The molecule has 3 heteroatoms. The minimum Gasteiger partial charge on any atom is -0.490 e. The minimum absolute atomic E-state index is 0.0495. The monoisotopic (exact) mass is 265 g/mol. The highest BCUT2D eigenvalue weighted by Crippen LogP contribution is 2.26. The first-order chi connectivity index (χ1) is 9.15. The Balaban J connectivity index is 1.89. The van der Waals surface area contributed by atoms with Gasteiger partial charge in [0.05, 0.1) is 6.61 Å². The van der Waals surface area contributed by atoms with E-state index in [1.165, 1.54) is 32.1 Å². The molecule has 0 saturated heterocycles. The van der Waals surface area contributed by atoms with Gasteiger partial charge in [-0.3, -0.25) is 0 Å². The van der Waals surface area contributed by atoms with Crippen molar-refractivity contribution in [1.82, 2.24) is 0 Å². The van der Waals surface area contributed by atoms with Crippen LogP contribution < -0.4 is 10.5 Å². The zero-order chi connectivity index (χ0) is 13.7. The smallest absolute Gasteiger partial charge is 0.165 e. The van der Waals surface area contributed by atoms with Gasteiger partial charge in [0.2, 0.25) is 0 Å². The summed E-state index contributed by atoms with van der Waals surface area (Å²) in [4.78, 5) is 0. The third-order valence-electron chi connectivity index (χ3n) is 3.75. The molecule has 106 valence electrons. The summed E-state index contributed by atoms with van der Waals surface area (Å²) in [6.45, 7) is 2.56. The molecule has 2 N–H and O–H groups in total. The van der Waals surface area contributed by atoms with Gasteiger partial charge in [-0.25, -0.2) is 4.39 Å². The predicted octanol–water partition coefficient (Wildman–Crippen LogP) is 3.67. The molecule has 1 saturated carbocycles. The number of hydrogen-bond donors (Lipinski definition) is 1. The van der Waals surface area contributed by atoms with Gasteiger partial charge in [0.25, 0.3) is 0 Å². The van der Waals surface area contributed by atoms with Crippen molar-refractivity contribution < 1.29 is 9.13 Å². The lowest BCUT2D eigenvalue weighted by Crippen LogP contribution is -2.18. The number of hydrogen-bond acceptors (Lipinski definition) is 2. The van der Waals surface area contributed by atoms with Gasteiger partial charge in [0.15, 0.2) is 11.6 Å². The maximum absolute atomic E-state index is 13.9. The van der Waals surface area contributed by atoms with Crippen molar-refractivity contribution in [3.8, 4) is 5.75 Å². The lowest BCUT2D eigenvalue weighted by atomic mass is 9.90. The first kappa shape index (κ1) is 14.3. The average Bonchev–Trinajstić information content (AvgIpc) is 2.38. The molecule has 2 rings (SSSR count). The molecule has 0 radical (unpaired) electrons. The summed E-state index contributed by atoms with van der Waals surface area (Å²) < 4.78 is 19.5. The second-order valence-corrected chi connectivity index (χ2v) is 5.76. The second-order valence-electron chi connectivity index (χ2n) is 5.76. The average molecular weight is 265 g/mol. The Kier molecular flexibility index (Phi) is 5.20. The lowest BCUT2D eigenvalue weighted by Gasteiger charge is -2.21. The van der Waals surface area contributed by atoms with Crippen LogP contribution in [0.2, 0.25) is 0 Å². The van der Waals surface area contributed by atoms with Crippen LogP contribution in [0.4, 0.5) is 4.39 Å². The summed E-state index contributed by atoms with van der Waals surface area (Å²) in [6.07, 6.45) is 7.01. The van der Waals surface area contributed by atoms with E-state index < -0.39 is 0 Å². The van der Waals surface area contributed by atoms with Gasteiger partial charge in [-0.2, -0.15) is 0 Å². The first-order valence-corrected chi connectivity index (χ1v) is 7.32. The molecule has 1 aliphatic carbocycles. The van der Waals surface area contributed by atoms with Crippen LogP contribution in [-0.2, 0) is 6.42 Å². The van der Waals surface area contributed by atoms with Crippen LogP contribution >= 0.6 is 0 Å². The molecule has 1 aliphatic rings. The van der Waals surface area contributed by atoms with Crippen molar-refractivity contribution in [2.45, 2.75) is 51.5 Å². The standard InChI is InChI=1S/C16H24FNO/c1-12(18)9-14-7-8-16(15(17)10-14)19-11-13-5-3-2-4-6-13/h7-8,10,12-13H,2-6,9,11,18H2,1H3. The van der Waals surface area contributed by atoms with E-state index in [0.717, 1.165) is 5.56 Å². The van der Waals surface area contributed by atoms with Gasteiger partial charge < -0.3 is 10.5 Å². The molecule has 0 aliphatic heterocycles. The van der Waals surface area contributed by atoms with E-state index in [4.69, 9.17) is 10.5 Å². The Morgan fingerprint density at radius 3 is 2.68 bits per heavy atom. The maximum atomic E-state index is 13.9. The Morgan fingerprint density at radius 1 is 1.32 bits per heavy atom. The summed E-state index contributed by atoms with van der Waals surface area (Å²) in [6, 6.07) is 5.23. The molecular weight excluding hydrogens is 241 g/mol. The van der Waals surface area contributed by atoms with Crippen LogP contribution in [0.5, 0.6) is 5.75 Å². The van der Waals surface area contributed by atoms with E-state index in [1.807, 2.05) is 13.0 Å².